The molecular weight excluding hydrogens is 166 g/mol. The summed E-state index contributed by atoms with van der Waals surface area (Å²) in [6.07, 6.45) is 4.30. The number of piperidine rings is 1. The fourth-order valence-electron chi connectivity index (χ4n) is 1.43. The minimum Gasteiger partial charge on any atom is -0.320 e. The maximum atomic E-state index is 11.4. The number of nitrogens with one attached hydrogen (secondary N) is 1. The minimum atomic E-state index is -0.359. The molecule has 0 spiro atoms. The molecule has 13 heavy (non-hydrogen) atoms. The Morgan fingerprint density at radius 2 is 2.08 bits per heavy atom. The number of nitrogens with zero attached hydrogens (tertiary/aromatic N) is 1. The molecule has 1 heterocycles. The van der Waals surface area contributed by atoms with Crippen molar-refractivity contribution in [1.82, 2.24) is 10.4 Å². The van der Waals surface area contributed by atoms with Gasteiger partial charge in [0.25, 0.3) is 5.91 Å². The third-order valence-electron chi connectivity index (χ3n) is 2.40. The zero-order chi connectivity index (χ0) is 9.68. The molecule has 1 saturated heterocycles. The number of carbonyl (C=O) groups excluding carboxylic acids is 1. The Kier molecular flexibility index (Phi) is 4.18. The van der Waals surface area contributed by atoms with Crippen LogP contribution in [0.25, 0.3) is 0 Å². The Hall–Kier alpha value is -0.610. The van der Waals surface area contributed by atoms with Crippen molar-refractivity contribution in [3.8, 4) is 0 Å². The quantitative estimate of drug-likeness (QED) is 0.662. The van der Waals surface area contributed by atoms with Crippen LogP contribution in [-0.4, -0.2) is 30.0 Å². The average Bonchev–Trinajstić information content (AvgIpc) is 2.18. The first-order chi connectivity index (χ1) is 6.24. The molecule has 1 fully saturated rings. The van der Waals surface area contributed by atoms with E-state index in [0.717, 1.165) is 13.1 Å². The van der Waals surface area contributed by atoms with Gasteiger partial charge in [-0.1, -0.05) is 13.3 Å². The standard InChI is InChI=1S/C9H19N3O/c1-2-8(10)9(13)11-12-6-4-3-5-7-12/h8H,2-7,10H2,1H3,(H,11,13)/t8-/m1/s1. The van der Waals surface area contributed by atoms with Crippen molar-refractivity contribution in [3.05, 3.63) is 0 Å². The van der Waals surface area contributed by atoms with Gasteiger partial charge in [0.2, 0.25) is 0 Å². The first-order valence-electron chi connectivity index (χ1n) is 5.05. The maximum absolute atomic E-state index is 11.4. The van der Waals surface area contributed by atoms with Gasteiger partial charge in [-0.15, -0.1) is 0 Å². The molecule has 0 aromatic rings. The van der Waals surface area contributed by atoms with Crippen molar-refractivity contribution >= 4 is 5.91 Å². The summed E-state index contributed by atoms with van der Waals surface area (Å²) in [5.41, 5.74) is 8.43. The zero-order valence-electron chi connectivity index (χ0n) is 8.25. The lowest BCUT2D eigenvalue weighted by Gasteiger charge is -2.27. The van der Waals surface area contributed by atoms with Crippen LogP contribution < -0.4 is 11.2 Å². The lowest BCUT2D eigenvalue weighted by Crippen LogP contribution is -2.50. The van der Waals surface area contributed by atoms with Crippen LogP contribution in [0.2, 0.25) is 0 Å². The highest BCUT2D eigenvalue weighted by Gasteiger charge is 2.16. The molecule has 4 nitrogen and oxygen atoms in total. The van der Waals surface area contributed by atoms with Crippen LogP contribution in [0.5, 0.6) is 0 Å². The molecule has 0 radical (unpaired) electrons. The lowest BCUT2D eigenvalue weighted by atomic mass is 10.2. The monoisotopic (exact) mass is 185 g/mol. The molecule has 1 amide bonds. The van der Waals surface area contributed by atoms with Gasteiger partial charge in [-0.25, -0.2) is 5.01 Å². The van der Waals surface area contributed by atoms with Gasteiger partial charge in [-0.3, -0.25) is 10.2 Å². The summed E-state index contributed by atoms with van der Waals surface area (Å²) in [4.78, 5) is 11.4. The van der Waals surface area contributed by atoms with Crippen molar-refractivity contribution in [1.29, 1.82) is 0 Å². The van der Waals surface area contributed by atoms with Gasteiger partial charge < -0.3 is 5.73 Å². The van der Waals surface area contributed by atoms with Crippen molar-refractivity contribution < 1.29 is 4.79 Å². The molecule has 0 aliphatic carbocycles. The number of hydrazine groups is 1. The van der Waals surface area contributed by atoms with Gasteiger partial charge in [0.05, 0.1) is 6.04 Å². The third-order valence-corrected chi connectivity index (χ3v) is 2.40. The molecule has 3 N–H and O–H groups in total. The first kappa shape index (κ1) is 10.5. The molecule has 0 aromatic heterocycles. The summed E-state index contributed by atoms with van der Waals surface area (Å²) < 4.78 is 0. The van der Waals surface area contributed by atoms with Gasteiger partial charge in [0.1, 0.15) is 0 Å². The van der Waals surface area contributed by atoms with E-state index >= 15 is 0 Å². The second kappa shape index (κ2) is 5.19. The van der Waals surface area contributed by atoms with Crippen LogP contribution in [0, 0.1) is 0 Å². The maximum Gasteiger partial charge on any atom is 0.251 e. The van der Waals surface area contributed by atoms with Gasteiger partial charge >= 0.3 is 0 Å². The number of hydrogen-bond acceptors (Lipinski definition) is 3. The molecule has 0 aromatic carbocycles. The molecule has 1 aliphatic rings. The summed E-state index contributed by atoms with van der Waals surface area (Å²) in [5, 5.41) is 1.97. The van der Waals surface area contributed by atoms with Crippen LogP contribution in [0.15, 0.2) is 0 Å². The van der Waals surface area contributed by atoms with E-state index in [1.165, 1.54) is 19.3 Å². The largest absolute Gasteiger partial charge is 0.320 e. The molecule has 0 bridgehead atoms. The normalized spacial score (nSPS) is 21.1. The Balaban J connectivity index is 2.26. The predicted octanol–water partition coefficient (Wildman–Crippen LogP) is 0.241. The Morgan fingerprint density at radius 3 is 2.62 bits per heavy atom. The van der Waals surface area contributed by atoms with E-state index in [9.17, 15) is 4.79 Å². The molecule has 76 valence electrons. The van der Waals surface area contributed by atoms with Gasteiger partial charge in [-0.05, 0) is 19.3 Å². The van der Waals surface area contributed by atoms with Crippen LogP contribution in [0.1, 0.15) is 32.6 Å². The van der Waals surface area contributed by atoms with Crippen molar-refractivity contribution in [2.75, 3.05) is 13.1 Å². The SMILES string of the molecule is CC[C@@H](N)C(=O)NN1CCCCC1. The van der Waals surface area contributed by atoms with Gasteiger partial charge in [0, 0.05) is 13.1 Å². The smallest absolute Gasteiger partial charge is 0.251 e. The van der Waals surface area contributed by atoms with E-state index in [1.807, 2.05) is 11.9 Å². The highest BCUT2D eigenvalue weighted by Crippen LogP contribution is 2.05. The molecule has 4 heteroatoms. The average molecular weight is 185 g/mol. The van der Waals surface area contributed by atoms with Gasteiger partial charge in [0.15, 0.2) is 0 Å². The fourth-order valence-corrected chi connectivity index (χ4v) is 1.43. The van der Waals surface area contributed by atoms with Crippen molar-refractivity contribution in [3.63, 3.8) is 0 Å². The molecule has 1 rings (SSSR count). The van der Waals surface area contributed by atoms with Crippen molar-refractivity contribution in [2.24, 2.45) is 5.73 Å². The third kappa shape index (κ3) is 3.32. The number of hydrogen-bond donors (Lipinski definition) is 2. The lowest BCUT2D eigenvalue weighted by molar-refractivity contribution is -0.127. The number of nitrogens with two attached hydrogens (primary N) is 1. The molecule has 0 saturated carbocycles. The van der Waals surface area contributed by atoms with Crippen LogP contribution in [-0.2, 0) is 4.79 Å². The summed E-state index contributed by atoms with van der Waals surface area (Å²) >= 11 is 0. The van der Waals surface area contributed by atoms with E-state index in [0.29, 0.717) is 6.42 Å². The Labute approximate surface area is 79.4 Å². The predicted molar refractivity (Wildman–Crippen MR) is 51.8 cm³/mol. The van der Waals surface area contributed by atoms with Gasteiger partial charge in [-0.2, -0.15) is 0 Å². The molecule has 0 unspecified atom stereocenters. The Morgan fingerprint density at radius 1 is 1.46 bits per heavy atom. The molecular formula is C9H19N3O. The second-order valence-electron chi connectivity index (χ2n) is 3.54. The summed E-state index contributed by atoms with van der Waals surface area (Å²) in [5.74, 6) is -0.0515. The van der Waals surface area contributed by atoms with E-state index in [-0.39, 0.29) is 11.9 Å². The molecule has 1 aliphatic heterocycles. The first-order valence-corrected chi connectivity index (χ1v) is 5.05. The van der Waals surface area contributed by atoms with Crippen LogP contribution >= 0.6 is 0 Å². The highest BCUT2D eigenvalue weighted by molar-refractivity contribution is 5.80. The van der Waals surface area contributed by atoms with Crippen LogP contribution in [0.4, 0.5) is 0 Å². The van der Waals surface area contributed by atoms with E-state index in [2.05, 4.69) is 5.43 Å². The summed E-state index contributed by atoms with van der Waals surface area (Å²) in [6.45, 7) is 3.84. The number of rotatable bonds is 3. The molecule has 1 atom stereocenters. The topological polar surface area (TPSA) is 58.4 Å². The zero-order valence-corrected chi connectivity index (χ0v) is 8.25. The summed E-state index contributed by atoms with van der Waals surface area (Å²) in [6, 6.07) is -0.359. The minimum absolute atomic E-state index is 0.0515. The Bertz CT molecular complexity index is 166. The summed E-state index contributed by atoms with van der Waals surface area (Å²) in [7, 11) is 0. The number of carbonyl (C=O) groups is 1. The second-order valence-corrected chi connectivity index (χ2v) is 3.54. The fraction of sp³-hybridized carbons (Fsp3) is 0.889. The van der Waals surface area contributed by atoms with Crippen molar-refractivity contribution in [2.45, 2.75) is 38.6 Å². The highest BCUT2D eigenvalue weighted by atomic mass is 16.2. The van der Waals surface area contributed by atoms with E-state index < -0.39 is 0 Å². The van der Waals surface area contributed by atoms with E-state index in [1.54, 1.807) is 0 Å². The number of amides is 1. The van der Waals surface area contributed by atoms with Crippen LogP contribution in [0.3, 0.4) is 0 Å². The van der Waals surface area contributed by atoms with E-state index in [4.69, 9.17) is 5.73 Å².